The van der Waals surface area contributed by atoms with E-state index in [-0.39, 0.29) is 0 Å². The summed E-state index contributed by atoms with van der Waals surface area (Å²) in [6, 6.07) is 35.9. The summed E-state index contributed by atoms with van der Waals surface area (Å²) in [5.41, 5.74) is 4.89. The van der Waals surface area contributed by atoms with Gasteiger partial charge in [0.2, 0.25) is 0 Å². The molecule has 5 rings (SSSR count). The van der Waals surface area contributed by atoms with Crippen molar-refractivity contribution in [3.63, 3.8) is 0 Å². The van der Waals surface area contributed by atoms with Gasteiger partial charge in [0.1, 0.15) is 0 Å². The van der Waals surface area contributed by atoms with E-state index in [9.17, 15) is 0 Å². The first-order valence-electron chi connectivity index (χ1n) is 10.0. The van der Waals surface area contributed by atoms with Crippen LogP contribution in [0.4, 0.5) is 0 Å². The molecule has 1 heterocycles. The Balaban J connectivity index is 1.61. The molecule has 3 nitrogen and oxygen atoms in total. The van der Waals surface area contributed by atoms with E-state index in [0.29, 0.717) is 17.5 Å². The zero-order chi connectivity index (χ0) is 21.0. The minimum absolute atomic E-state index is 0.637. The van der Waals surface area contributed by atoms with Crippen LogP contribution in [0.3, 0.4) is 0 Å². The third-order valence-corrected chi connectivity index (χ3v) is 5.36. The van der Waals surface area contributed by atoms with E-state index in [1.54, 1.807) is 0 Å². The molecule has 0 bridgehead atoms. The number of hydrogen-bond donors (Lipinski definition) is 0. The van der Waals surface area contributed by atoms with Gasteiger partial charge in [0.25, 0.3) is 0 Å². The molecule has 0 aliphatic heterocycles. The van der Waals surface area contributed by atoms with Crippen molar-refractivity contribution < 1.29 is 0 Å². The van der Waals surface area contributed by atoms with Crippen LogP contribution < -0.4 is 0 Å². The molecule has 0 amide bonds. The lowest BCUT2D eigenvalue weighted by Crippen LogP contribution is -2.00. The molecule has 0 radical (unpaired) electrons. The molecule has 5 aromatic rings. The van der Waals surface area contributed by atoms with Crippen molar-refractivity contribution in [3.8, 4) is 45.3 Å². The number of halogens is 1. The lowest BCUT2D eigenvalue weighted by molar-refractivity contribution is 1.07. The molecule has 0 aliphatic rings. The van der Waals surface area contributed by atoms with Crippen LogP contribution in [0, 0.1) is 0 Å². The van der Waals surface area contributed by atoms with Gasteiger partial charge in [-0.2, -0.15) is 0 Å². The fraction of sp³-hybridized carbons (Fsp3) is 0. The molecule has 31 heavy (non-hydrogen) atoms. The topological polar surface area (TPSA) is 38.7 Å². The Hall–Kier alpha value is -3.82. The first-order chi connectivity index (χ1) is 15.3. The van der Waals surface area contributed by atoms with Gasteiger partial charge in [0, 0.05) is 27.3 Å². The van der Waals surface area contributed by atoms with E-state index < -0.39 is 0 Å². The fourth-order valence-electron chi connectivity index (χ4n) is 3.43. The van der Waals surface area contributed by atoms with Crippen molar-refractivity contribution in [2.75, 3.05) is 0 Å². The second-order valence-electron chi connectivity index (χ2n) is 7.10. The van der Waals surface area contributed by atoms with Crippen LogP contribution in [0.15, 0.2) is 109 Å². The van der Waals surface area contributed by atoms with Crippen molar-refractivity contribution >= 4 is 11.6 Å². The molecule has 0 unspecified atom stereocenters. The quantitative estimate of drug-likeness (QED) is 0.309. The number of rotatable bonds is 4. The SMILES string of the molecule is Clc1ccccc1-c1ccc(-c2nc(-c3ccccc3)nc(-c3ccccc3)n2)cc1. The predicted octanol–water partition coefficient (Wildman–Crippen LogP) is 7.19. The van der Waals surface area contributed by atoms with Crippen LogP contribution in [0.1, 0.15) is 0 Å². The minimum atomic E-state index is 0.637. The summed E-state index contributed by atoms with van der Waals surface area (Å²) in [6.45, 7) is 0. The Labute approximate surface area is 186 Å². The van der Waals surface area contributed by atoms with Crippen LogP contribution in [0.5, 0.6) is 0 Å². The second-order valence-corrected chi connectivity index (χ2v) is 7.50. The molecule has 0 spiro atoms. The van der Waals surface area contributed by atoms with Gasteiger partial charge in [0.05, 0.1) is 0 Å². The third-order valence-electron chi connectivity index (χ3n) is 5.03. The molecule has 148 valence electrons. The monoisotopic (exact) mass is 419 g/mol. The Kier molecular flexibility index (Phi) is 5.26. The van der Waals surface area contributed by atoms with Crippen LogP contribution in [-0.4, -0.2) is 15.0 Å². The molecule has 0 saturated heterocycles. The van der Waals surface area contributed by atoms with Gasteiger partial charge in [-0.15, -0.1) is 0 Å². The van der Waals surface area contributed by atoms with E-state index in [1.807, 2.05) is 109 Å². The molecular weight excluding hydrogens is 402 g/mol. The van der Waals surface area contributed by atoms with E-state index >= 15 is 0 Å². The van der Waals surface area contributed by atoms with Gasteiger partial charge in [0.15, 0.2) is 17.5 Å². The second kappa shape index (κ2) is 8.50. The highest BCUT2D eigenvalue weighted by Crippen LogP contribution is 2.30. The van der Waals surface area contributed by atoms with E-state index in [4.69, 9.17) is 26.6 Å². The first kappa shape index (κ1) is 19.2. The summed E-state index contributed by atoms with van der Waals surface area (Å²) in [4.78, 5) is 14.3. The lowest BCUT2D eigenvalue weighted by Gasteiger charge is -2.09. The largest absolute Gasteiger partial charge is 0.208 e. The third kappa shape index (κ3) is 4.09. The van der Waals surface area contributed by atoms with Crippen molar-refractivity contribution in [1.29, 1.82) is 0 Å². The van der Waals surface area contributed by atoms with Gasteiger partial charge < -0.3 is 0 Å². The van der Waals surface area contributed by atoms with Crippen LogP contribution in [-0.2, 0) is 0 Å². The Morgan fingerprint density at radius 1 is 0.387 bits per heavy atom. The smallest absolute Gasteiger partial charge is 0.164 e. The molecular formula is C27H18ClN3. The van der Waals surface area contributed by atoms with Gasteiger partial charge in [-0.1, -0.05) is 115 Å². The van der Waals surface area contributed by atoms with Gasteiger partial charge in [-0.25, -0.2) is 15.0 Å². The highest BCUT2D eigenvalue weighted by atomic mass is 35.5. The molecule has 0 aliphatic carbocycles. The summed E-state index contributed by atoms with van der Waals surface area (Å²) in [6.07, 6.45) is 0. The maximum Gasteiger partial charge on any atom is 0.164 e. The summed E-state index contributed by atoms with van der Waals surface area (Å²) in [5, 5.41) is 0.730. The summed E-state index contributed by atoms with van der Waals surface area (Å²) in [5.74, 6) is 1.94. The molecule has 1 aromatic heterocycles. The van der Waals surface area contributed by atoms with Crippen LogP contribution in [0.2, 0.25) is 5.02 Å². The standard InChI is InChI=1S/C27H18ClN3/c28-24-14-8-7-13-23(24)19-15-17-22(18-16-19)27-30-25(20-9-3-1-4-10-20)29-26(31-27)21-11-5-2-6-12-21/h1-18H. The predicted molar refractivity (Wildman–Crippen MR) is 127 cm³/mol. The molecule has 4 aromatic carbocycles. The normalized spacial score (nSPS) is 10.7. The lowest BCUT2D eigenvalue weighted by atomic mass is 10.0. The van der Waals surface area contributed by atoms with E-state index in [1.165, 1.54) is 0 Å². The number of nitrogens with zero attached hydrogens (tertiary/aromatic N) is 3. The maximum atomic E-state index is 6.36. The molecule has 0 saturated carbocycles. The summed E-state index contributed by atoms with van der Waals surface area (Å²) >= 11 is 6.36. The van der Waals surface area contributed by atoms with Gasteiger partial charge >= 0.3 is 0 Å². The molecule has 0 N–H and O–H groups in total. The first-order valence-corrected chi connectivity index (χ1v) is 10.4. The van der Waals surface area contributed by atoms with Gasteiger partial charge in [-0.3, -0.25) is 0 Å². The van der Waals surface area contributed by atoms with E-state index in [2.05, 4.69) is 0 Å². The zero-order valence-corrected chi connectivity index (χ0v) is 17.4. The Morgan fingerprint density at radius 3 is 1.26 bits per heavy atom. The van der Waals surface area contributed by atoms with Crippen molar-refractivity contribution in [3.05, 3.63) is 114 Å². The highest BCUT2D eigenvalue weighted by Gasteiger charge is 2.12. The molecule has 0 atom stereocenters. The fourth-order valence-corrected chi connectivity index (χ4v) is 3.68. The Bertz CT molecular complexity index is 1260. The Morgan fingerprint density at radius 2 is 0.774 bits per heavy atom. The summed E-state index contributed by atoms with van der Waals surface area (Å²) < 4.78 is 0. The molecule has 0 fully saturated rings. The minimum Gasteiger partial charge on any atom is -0.208 e. The zero-order valence-electron chi connectivity index (χ0n) is 16.6. The van der Waals surface area contributed by atoms with Crippen molar-refractivity contribution in [1.82, 2.24) is 15.0 Å². The van der Waals surface area contributed by atoms with Crippen LogP contribution >= 0.6 is 11.6 Å². The van der Waals surface area contributed by atoms with Crippen molar-refractivity contribution in [2.45, 2.75) is 0 Å². The van der Waals surface area contributed by atoms with Gasteiger partial charge in [-0.05, 0) is 11.6 Å². The number of aromatic nitrogens is 3. The number of hydrogen-bond acceptors (Lipinski definition) is 3. The average Bonchev–Trinajstić information content (AvgIpc) is 2.85. The summed E-state index contributed by atoms with van der Waals surface area (Å²) in [7, 11) is 0. The van der Waals surface area contributed by atoms with E-state index in [0.717, 1.165) is 32.8 Å². The van der Waals surface area contributed by atoms with Crippen molar-refractivity contribution in [2.24, 2.45) is 0 Å². The maximum absolute atomic E-state index is 6.36. The van der Waals surface area contributed by atoms with Crippen LogP contribution in [0.25, 0.3) is 45.3 Å². The highest BCUT2D eigenvalue weighted by molar-refractivity contribution is 6.33. The average molecular weight is 420 g/mol. The molecule has 4 heteroatoms. The number of benzene rings is 4.